The molecule has 0 spiro atoms. The molecule has 1 aromatic heterocycles. The summed E-state index contributed by atoms with van der Waals surface area (Å²) in [5, 5.41) is 1.44. The van der Waals surface area contributed by atoms with Gasteiger partial charge in [-0.3, -0.25) is 4.79 Å². The van der Waals surface area contributed by atoms with Crippen molar-refractivity contribution < 1.29 is 4.79 Å². The van der Waals surface area contributed by atoms with Crippen molar-refractivity contribution in [3.63, 3.8) is 0 Å². The van der Waals surface area contributed by atoms with Crippen LogP contribution in [0, 0.1) is 0 Å². The Hall–Kier alpha value is -1.57. The van der Waals surface area contributed by atoms with Crippen LogP contribution in [0.1, 0.15) is 49.1 Å². The normalized spacial score (nSPS) is 20.1. The number of aromatic nitrogens is 1. The van der Waals surface area contributed by atoms with Gasteiger partial charge in [-0.25, -0.2) is 0 Å². The number of carbonyl (C=O) groups excluding carboxylic acids is 1. The van der Waals surface area contributed by atoms with E-state index in [1.54, 1.807) is 0 Å². The van der Waals surface area contributed by atoms with E-state index in [9.17, 15) is 4.79 Å². The highest BCUT2D eigenvalue weighted by molar-refractivity contribution is 5.88. The molecule has 2 aromatic rings. The van der Waals surface area contributed by atoms with Crippen molar-refractivity contribution in [3.05, 3.63) is 35.5 Å². The number of aryl methyl sites for hydroxylation is 2. The van der Waals surface area contributed by atoms with Crippen LogP contribution in [-0.4, -0.2) is 10.4 Å². The van der Waals surface area contributed by atoms with Gasteiger partial charge in [0.05, 0.1) is 5.52 Å². The standard InChI is InChI=1S/C17H19NO/c19-14-8-6-12(7-9-14)16-11-18-10-2-4-13-3-1-5-15(16)17(13)18/h1,3,5,11-12H,2,4,6-10H2. The maximum absolute atomic E-state index is 11.4. The van der Waals surface area contributed by atoms with E-state index in [-0.39, 0.29) is 0 Å². The Labute approximate surface area is 113 Å². The Morgan fingerprint density at radius 1 is 1.11 bits per heavy atom. The van der Waals surface area contributed by atoms with Crippen molar-refractivity contribution in [3.8, 4) is 0 Å². The summed E-state index contributed by atoms with van der Waals surface area (Å²) < 4.78 is 2.44. The predicted octanol–water partition coefficient (Wildman–Crippen LogP) is 3.81. The Morgan fingerprint density at radius 3 is 2.79 bits per heavy atom. The van der Waals surface area contributed by atoms with E-state index in [0.29, 0.717) is 11.7 Å². The van der Waals surface area contributed by atoms with Gasteiger partial charge in [-0.1, -0.05) is 18.2 Å². The second-order valence-electron chi connectivity index (χ2n) is 6.01. The van der Waals surface area contributed by atoms with Gasteiger partial charge < -0.3 is 4.57 Å². The molecule has 2 heterocycles. The predicted molar refractivity (Wildman–Crippen MR) is 76.5 cm³/mol. The molecule has 1 aliphatic heterocycles. The van der Waals surface area contributed by atoms with Crippen molar-refractivity contribution >= 4 is 16.7 Å². The zero-order valence-electron chi connectivity index (χ0n) is 11.2. The van der Waals surface area contributed by atoms with Crippen LogP contribution in [0.4, 0.5) is 0 Å². The molecule has 0 radical (unpaired) electrons. The molecule has 1 aliphatic carbocycles. The van der Waals surface area contributed by atoms with Gasteiger partial charge in [-0.05, 0) is 42.7 Å². The monoisotopic (exact) mass is 253 g/mol. The molecule has 1 saturated carbocycles. The lowest BCUT2D eigenvalue weighted by atomic mass is 9.83. The van der Waals surface area contributed by atoms with E-state index in [0.717, 1.165) is 32.2 Å². The number of hydrogen-bond acceptors (Lipinski definition) is 1. The molecule has 1 fully saturated rings. The summed E-state index contributed by atoms with van der Waals surface area (Å²) in [5.74, 6) is 1.04. The topological polar surface area (TPSA) is 22.0 Å². The van der Waals surface area contributed by atoms with Crippen LogP contribution in [0.25, 0.3) is 10.9 Å². The number of para-hydroxylation sites is 1. The summed E-state index contributed by atoms with van der Waals surface area (Å²) in [6, 6.07) is 6.74. The van der Waals surface area contributed by atoms with E-state index in [1.165, 1.54) is 34.9 Å². The Balaban J connectivity index is 1.83. The van der Waals surface area contributed by atoms with E-state index >= 15 is 0 Å². The van der Waals surface area contributed by atoms with Crippen LogP contribution in [0.15, 0.2) is 24.4 Å². The second kappa shape index (κ2) is 4.22. The van der Waals surface area contributed by atoms with E-state index < -0.39 is 0 Å². The molecule has 0 atom stereocenters. The van der Waals surface area contributed by atoms with Gasteiger partial charge in [0.15, 0.2) is 0 Å². The molecular formula is C17H19NO. The van der Waals surface area contributed by atoms with E-state index in [4.69, 9.17) is 0 Å². The Morgan fingerprint density at radius 2 is 1.95 bits per heavy atom. The third kappa shape index (κ3) is 1.73. The summed E-state index contributed by atoms with van der Waals surface area (Å²) in [5.41, 5.74) is 4.45. The first-order chi connectivity index (χ1) is 9.33. The Bertz CT molecular complexity index is 643. The highest BCUT2D eigenvalue weighted by Gasteiger charge is 2.25. The van der Waals surface area contributed by atoms with Gasteiger partial charge in [-0.2, -0.15) is 0 Å². The second-order valence-corrected chi connectivity index (χ2v) is 6.01. The molecule has 2 heteroatoms. The van der Waals surface area contributed by atoms with Crippen LogP contribution in [0.2, 0.25) is 0 Å². The fourth-order valence-electron chi connectivity index (χ4n) is 3.86. The first kappa shape index (κ1) is 11.3. The molecule has 0 N–H and O–H groups in total. The minimum Gasteiger partial charge on any atom is -0.347 e. The number of rotatable bonds is 1. The number of nitrogens with zero attached hydrogens (tertiary/aromatic N) is 1. The number of ketones is 1. The minimum absolute atomic E-state index is 0.449. The first-order valence-corrected chi connectivity index (χ1v) is 7.45. The fraction of sp³-hybridized carbons (Fsp3) is 0.471. The van der Waals surface area contributed by atoms with Crippen LogP contribution in [-0.2, 0) is 17.8 Å². The maximum Gasteiger partial charge on any atom is 0.132 e. The number of Topliss-reactive ketones (excluding diaryl/α,β-unsaturated/α-hetero) is 1. The molecular weight excluding hydrogens is 234 g/mol. The summed E-state index contributed by atoms with van der Waals surface area (Å²) in [6.07, 6.45) is 8.47. The van der Waals surface area contributed by atoms with Crippen LogP contribution >= 0.6 is 0 Å². The van der Waals surface area contributed by atoms with E-state index in [1.807, 2.05) is 0 Å². The van der Waals surface area contributed by atoms with Gasteiger partial charge in [0.2, 0.25) is 0 Å². The third-order valence-electron chi connectivity index (χ3n) is 4.84. The first-order valence-electron chi connectivity index (χ1n) is 7.45. The van der Waals surface area contributed by atoms with Gasteiger partial charge in [0, 0.05) is 31.0 Å². The highest BCUT2D eigenvalue weighted by atomic mass is 16.1. The SMILES string of the molecule is O=C1CCC(c2cn3c4c(cccc24)CCC3)CC1. The van der Waals surface area contributed by atoms with E-state index in [2.05, 4.69) is 29.0 Å². The molecule has 19 heavy (non-hydrogen) atoms. The average molecular weight is 253 g/mol. The van der Waals surface area contributed by atoms with Crippen LogP contribution in [0.3, 0.4) is 0 Å². The smallest absolute Gasteiger partial charge is 0.132 e. The zero-order valence-corrected chi connectivity index (χ0v) is 11.2. The van der Waals surface area contributed by atoms with Gasteiger partial charge in [0.25, 0.3) is 0 Å². The van der Waals surface area contributed by atoms with Crippen molar-refractivity contribution in [1.29, 1.82) is 0 Å². The molecule has 2 nitrogen and oxygen atoms in total. The summed E-state index contributed by atoms with van der Waals surface area (Å²) in [7, 11) is 0. The molecule has 2 aliphatic rings. The molecule has 1 aromatic carbocycles. The average Bonchev–Trinajstić information content (AvgIpc) is 2.82. The largest absolute Gasteiger partial charge is 0.347 e. The van der Waals surface area contributed by atoms with Crippen molar-refractivity contribution in [2.24, 2.45) is 0 Å². The lowest BCUT2D eigenvalue weighted by Crippen LogP contribution is -2.12. The zero-order chi connectivity index (χ0) is 12.8. The lowest BCUT2D eigenvalue weighted by molar-refractivity contribution is -0.120. The molecule has 0 unspecified atom stereocenters. The van der Waals surface area contributed by atoms with Crippen molar-refractivity contribution in [2.75, 3.05) is 0 Å². The maximum atomic E-state index is 11.4. The molecule has 4 rings (SSSR count). The summed E-state index contributed by atoms with van der Waals surface area (Å²) in [6.45, 7) is 1.15. The number of benzene rings is 1. The number of hydrogen-bond donors (Lipinski definition) is 0. The third-order valence-corrected chi connectivity index (χ3v) is 4.84. The van der Waals surface area contributed by atoms with Crippen molar-refractivity contribution in [2.45, 2.75) is 51.0 Å². The molecule has 98 valence electrons. The lowest BCUT2D eigenvalue weighted by Gasteiger charge is -2.20. The van der Waals surface area contributed by atoms with Gasteiger partial charge >= 0.3 is 0 Å². The minimum atomic E-state index is 0.449. The molecule has 0 bridgehead atoms. The van der Waals surface area contributed by atoms with Gasteiger partial charge in [-0.15, -0.1) is 0 Å². The fourth-order valence-corrected chi connectivity index (χ4v) is 3.86. The van der Waals surface area contributed by atoms with Crippen LogP contribution in [0.5, 0.6) is 0 Å². The molecule has 0 amide bonds. The Kier molecular flexibility index (Phi) is 2.51. The highest BCUT2D eigenvalue weighted by Crippen LogP contribution is 2.38. The molecule has 0 saturated heterocycles. The quantitative estimate of drug-likeness (QED) is 0.757. The van der Waals surface area contributed by atoms with Gasteiger partial charge in [0.1, 0.15) is 5.78 Å². The number of carbonyl (C=O) groups is 1. The summed E-state index contributed by atoms with van der Waals surface area (Å²) in [4.78, 5) is 11.4. The van der Waals surface area contributed by atoms with Crippen LogP contribution < -0.4 is 0 Å². The van der Waals surface area contributed by atoms with Crippen molar-refractivity contribution in [1.82, 2.24) is 4.57 Å². The summed E-state index contributed by atoms with van der Waals surface area (Å²) >= 11 is 0.